The molecule has 2 aromatic rings. The summed E-state index contributed by atoms with van der Waals surface area (Å²) in [6, 6.07) is 10.9. The van der Waals surface area contributed by atoms with Gasteiger partial charge in [0.25, 0.3) is 0 Å². The number of anilines is 1. The van der Waals surface area contributed by atoms with Crippen LogP contribution in [0, 0.1) is 5.92 Å². The molecule has 0 saturated heterocycles. The Bertz CT molecular complexity index is 761. The molecule has 2 aromatic carbocycles. The molecule has 3 rings (SSSR count). The first-order valence-electron chi connectivity index (χ1n) is 8.79. The van der Waals surface area contributed by atoms with E-state index in [1.807, 2.05) is 24.3 Å². The Labute approximate surface area is 148 Å². The van der Waals surface area contributed by atoms with Crippen LogP contribution < -0.4 is 10.1 Å². The molecule has 0 amide bonds. The number of carbonyl (C=O) groups excluding carboxylic acids is 1. The zero-order chi connectivity index (χ0) is 18.0. The number of hydrogen-bond donors (Lipinski definition) is 2. The molecule has 1 aliphatic carbocycles. The van der Waals surface area contributed by atoms with Crippen molar-refractivity contribution in [2.24, 2.45) is 5.92 Å². The summed E-state index contributed by atoms with van der Waals surface area (Å²) < 4.78 is 5.19. The van der Waals surface area contributed by atoms with Crippen molar-refractivity contribution in [1.82, 2.24) is 0 Å². The van der Waals surface area contributed by atoms with Crippen LogP contribution in [-0.4, -0.2) is 24.5 Å². The zero-order valence-corrected chi connectivity index (χ0v) is 15.0. The lowest BCUT2D eigenvalue weighted by atomic mass is 9.97. The maximum Gasteiger partial charge on any atom is 0.195 e. The van der Waals surface area contributed by atoms with Crippen molar-refractivity contribution >= 4 is 11.5 Å². The Morgan fingerprint density at radius 2 is 1.92 bits per heavy atom. The normalized spacial score (nSPS) is 13.8. The van der Waals surface area contributed by atoms with Crippen molar-refractivity contribution in [3.8, 4) is 11.5 Å². The highest BCUT2D eigenvalue weighted by Gasteiger charge is 2.23. The lowest BCUT2D eigenvalue weighted by Crippen LogP contribution is -2.10. The highest BCUT2D eigenvalue weighted by Crippen LogP contribution is 2.35. The van der Waals surface area contributed by atoms with Gasteiger partial charge in [-0.15, -0.1) is 0 Å². The summed E-state index contributed by atoms with van der Waals surface area (Å²) in [5.41, 5.74) is 3.01. The Balaban J connectivity index is 1.93. The minimum atomic E-state index is -0.0769. The lowest BCUT2D eigenvalue weighted by Gasteiger charge is -2.14. The average Bonchev–Trinajstić information content (AvgIpc) is 3.44. The van der Waals surface area contributed by atoms with Crippen LogP contribution >= 0.6 is 0 Å². The van der Waals surface area contributed by atoms with Crippen LogP contribution in [0.25, 0.3) is 0 Å². The number of methoxy groups -OCH3 is 1. The van der Waals surface area contributed by atoms with E-state index in [0.717, 1.165) is 6.54 Å². The van der Waals surface area contributed by atoms with Crippen LogP contribution in [0.3, 0.4) is 0 Å². The molecule has 0 atom stereocenters. The number of ether oxygens (including phenoxy) is 1. The van der Waals surface area contributed by atoms with E-state index in [4.69, 9.17) is 4.74 Å². The number of aromatic hydroxyl groups is 1. The quantitative estimate of drug-likeness (QED) is 0.725. The molecular formula is C21H25NO3. The maximum absolute atomic E-state index is 13.0. The molecule has 0 radical (unpaired) electrons. The smallest absolute Gasteiger partial charge is 0.195 e. The van der Waals surface area contributed by atoms with Crippen molar-refractivity contribution < 1.29 is 14.6 Å². The van der Waals surface area contributed by atoms with Crippen molar-refractivity contribution in [2.75, 3.05) is 19.0 Å². The second kappa shape index (κ2) is 7.18. The van der Waals surface area contributed by atoms with E-state index in [0.29, 0.717) is 34.4 Å². The summed E-state index contributed by atoms with van der Waals surface area (Å²) in [5.74, 6) is 1.35. The molecule has 0 aliphatic heterocycles. The van der Waals surface area contributed by atoms with Crippen LogP contribution in [0.2, 0.25) is 0 Å². The highest BCUT2D eigenvalue weighted by atomic mass is 16.5. The minimum absolute atomic E-state index is 0.0347. The Morgan fingerprint density at radius 1 is 1.24 bits per heavy atom. The van der Waals surface area contributed by atoms with Gasteiger partial charge in [0.15, 0.2) is 17.3 Å². The molecule has 1 aliphatic rings. The molecule has 4 nitrogen and oxygen atoms in total. The van der Waals surface area contributed by atoms with Gasteiger partial charge in [-0.25, -0.2) is 0 Å². The number of rotatable bonds is 7. The molecule has 132 valence electrons. The lowest BCUT2D eigenvalue weighted by molar-refractivity contribution is 0.103. The molecule has 1 saturated carbocycles. The second-order valence-corrected chi connectivity index (χ2v) is 7.00. The van der Waals surface area contributed by atoms with Gasteiger partial charge < -0.3 is 15.2 Å². The van der Waals surface area contributed by atoms with Gasteiger partial charge in [-0.05, 0) is 36.3 Å². The van der Waals surface area contributed by atoms with E-state index >= 15 is 0 Å². The first-order valence-corrected chi connectivity index (χ1v) is 8.79. The molecular weight excluding hydrogens is 314 g/mol. The van der Waals surface area contributed by atoms with Gasteiger partial charge in [-0.2, -0.15) is 0 Å². The van der Waals surface area contributed by atoms with Crippen molar-refractivity contribution in [1.29, 1.82) is 0 Å². The topological polar surface area (TPSA) is 58.6 Å². The molecule has 0 heterocycles. The van der Waals surface area contributed by atoms with Crippen molar-refractivity contribution in [3.63, 3.8) is 0 Å². The first-order chi connectivity index (χ1) is 12.0. The van der Waals surface area contributed by atoms with Gasteiger partial charge in [0.2, 0.25) is 0 Å². The van der Waals surface area contributed by atoms with Crippen molar-refractivity contribution in [3.05, 3.63) is 53.1 Å². The van der Waals surface area contributed by atoms with E-state index in [1.54, 1.807) is 12.1 Å². The van der Waals surface area contributed by atoms with Gasteiger partial charge >= 0.3 is 0 Å². The predicted octanol–water partition coefficient (Wildman–Crippen LogP) is 4.58. The third kappa shape index (κ3) is 3.95. The minimum Gasteiger partial charge on any atom is -0.504 e. The molecule has 0 unspecified atom stereocenters. The first kappa shape index (κ1) is 17.3. The van der Waals surface area contributed by atoms with Gasteiger partial charge in [-0.3, -0.25) is 4.79 Å². The van der Waals surface area contributed by atoms with Crippen LogP contribution in [0.4, 0.5) is 5.69 Å². The van der Waals surface area contributed by atoms with E-state index in [1.165, 1.54) is 25.5 Å². The Kier molecular flexibility index (Phi) is 4.98. The molecule has 1 fully saturated rings. The monoisotopic (exact) mass is 339 g/mol. The molecule has 0 spiro atoms. The number of phenols is 1. The number of ketones is 1. The van der Waals surface area contributed by atoms with E-state index in [9.17, 15) is 9.90 Å². The summed E-state index contributed by atoms with van der Waals surface area (Å²) in [6.07, 6.45) is 2.43. The van der Waals surface area contributed by atoms with Crippen LogP contribution in [0.15, 0.2) is 36.4 Å². The summed E-state index contributed by atoms with van der Waals surface area (Å²) in [7, 11) is 1.48. The number of benzene rings is 2. The number of carbonyl (C=O) groups is 1. The number of phenolic OH excluding ortho intramolecular Hbond substituents is 1. The summed E-state index contributed by atoms with van der Waals surface area (Å²) in [6.45, 7) is 5.07. The predicted molar refractivity (Wildman–Crippen MR) is 99.8 cm³/mol. The molecule has 2 N–H and O–H groups in total. The molecule has 0 aromatic heterocycles. The largest absolute Gasteiger partial charge is 0.504 e. The molecule has 0 bridgehead atoms. The van der Waals surface area contributed by atoms with Gasteiger partial charge in [0, 0.05) is 29.4 Å². The zero-order valence-electron chi connectivity index (χ0n) is 15.0. The molecule has 4 heteroatoms. The van der Waals surface area contributed by atoms with Crippen LogP contribution in [0.5, 0.6) is 11.5 Å². The summed E-state index contributed by atoms with van der Waals surface area (Å²) in [5, 5.41) is 13.4. The third-order valence-corrected chi connectivity index (χ3v) is 4.68. The van der Waals surface area contributed by atoms with Gasteiger partial charge in [0.05, 0.1) is 7.11 Å². The van der Waals surface area contributed by atoms with E-state index in [-0.39, 0.29) is 11.5 Å². The third-order valence-electron chi connectivity index (χ3n) is 4.68. The fourth-order valence-corrected chi connectivity index (χ4v) is 2.82. The fourth-order valence-electron chi connectivity index (χ4n) is 2.82. The standard InChI is InChI=1S/C21H25NO3/c1-13(2)15-6-8-16(9-7-15)21(24)17-10-20(25-3)19(23)11-18(17)22-12-14-4-5-14/h6-11,13-14,22-23H,4-5,12H2,1-3H3. The van der Waals surface area contributed by atoms with Gasteiger partial charge in [0.1, 0.15) is 0 Å². The van der Waals surface area contributed by atoms with Crippen LogP contribution in [0.1, 0.15) is 54.1 Å². The number of hydrogen-bond acceptors (Lipinski definition) is 4. The molecule has 25 heavy (non-hydrogen) atoms. The van der Waals surface area contributed by atoms with E-state index in [2.05, 4.69) is 19.2 Å². The second-order valence-electron chi connectivity index (χ2n) is 7.00. The summed E-state index contributed by atoms with van der Waals surface area (Å²) >= 11 is 0. The van der Waals surface area contributed by atoms with Crippen molar-refractivity contribution in [2.45, 2.75) is 32.6 Å². The fraction of sp³-hybridized carbons (Fsp3) is 0.381. The number of nitrogens with one attached hydrogen (secondary N) is 1. The maximum atomic E-state index is 13.0. The Morgan fingerprint density at radius 3 is 2.48 bits per heavy atom. The Hall–Kier alpha value is -2.49. The highest BCUT2D eigenvalue weighted by molar-refractivity contribution is 6.12. The van der Waals surface area contributed by atoms with Gasteiger partial charge in [-0.1, -0.05) is 38.1 Å². The van der Waals surface area contributed by atoms with E-state index < -0.39 is 0 Å². The average molecular weight is 339 g/mol. The SMILES string of the molecule is COc1cc(C(=O)c2ccc(C(C)C)cc2)c(NCC2CC2)cc1O. The summed E-state index contributed by atoms with van der Waals surface area (Å²) in [4.78, 5) is 13.0. The van der Waals surface area contributed by atoms with Crippen LogP contribution in [-0.2, 0) is 0 Å².